The lowest BCUT2D eigenvalue weighted by atomic mass is 9.92. The number of benzene rings is 1. The standard InChI is InChI=1S/C19H24N6O/c1-19(2,3)17-9-15(23-24-17)11-25(4)18(26)22-14-7-5-6-13(8-14)16-10-20-12-21-16/h5-10,12H,11H2,1-4H3,(H,20,21)(H,22,26)(H,23,24). The van der Waals surface area contributed by atoms with Crippen molar-refractivity contribution in [3.05, 3.63) is 54.2 Å². The van der Waals surface area contributed by atoms with Gasteiger partial charge in [0.25, 0.3) is 0 Å². The molecule has 0 radical (unpaired) electrons. The molecule has 26 heavy (non-hydrogen) atoms. The number of aromatic nitrogens is 4. The van der Waals surface area contributed by atoms with Crippen LogP contribution in [0.4, 0.5) is 10.5 Å². The Hall–Kier alpha value is -3.09. The summed E-state index contributed by atoms with van der Waals surface area (Å²) in [6.07, 6.45) is 3.38. The second-order valence-corrected chi connectivity index (χ2v) is 7.36. The van der Waals surface area contributed by atoms with E-state index in [1.165, 1.54) is 0 Å². The minimum absolute atomic E-state index is 0.0251. The highest BCUT2D eigenvalue weighted by Crippen LogP contribution is 2.22. The van der Waals surface area contributed by atoms with E-state index < -0.39 is 0 Å². The summed E-state index contributed by atoms with van der Waals surface area (Å²) >= 11 is 0. The molecule has 0 spiro atoms. The molecule has 0 saturated carbocycles. The monoisotopic (exact) mass is 352 g/mol. The minimum Gasteiger partial charge on any atom is -0.345 e. The number of nitrogens with zero attached hydrogens (tertiary/aromatic N) is 3. The van der Waals surface area contributed by atoms with Crippen molar-refractivity contribution >= 4 is 11.7 Å². The lowest BCUT2D eigenvalue weighted by Crippen LogP contribution is -2.31. The SMILES string of the molecule is CN(Cc1cc(C(C)(C)C)n[nH]1)C(=O)Nc1cccc(-c2cnc[nH]2)c1. The van der Waals surface area contributed by atoms with E-state index in [0.29, 0.717) is 6.54 Å². The van der Waals surface area contributed by atoms with Crippen molar-refractivity contribution in [2.75, 3.05) is 12.4 Å². The number of urea groups is 1. The van der Waals surface area contributed by atoms with Crippen molar-refractivity contribution in [3.63, 3.8) is 0 Å². The number of carbonyl (C=O) groups excluding carboxylic acids is 1. The number of H-pyrrole nitrogens is 2. The first kappa shape index (κ1) is 17.7. The van der Waals surface area contributed by atoms with Gasteiger partial charge in [-0.3, -0.25) is 5.10 Å². The van der Waals surface area contributed by atoms with E-state index in [1.807, 2.05) is 30.3 Å². The molecule has 7 heteroatoms. The summed E-state index contributed by atoms with van der Waals surface area (Å²) in [5.41, 5.74) is 4.46. The summed E-state index contributed by atoms with van der Waals surface area (Å²) in [4.78, 5) is 21.2. The summed E-state index contributed by atoms with van der Waals surface area (Å²) in [6, 6.07) is 9.45. The molecule has 3 N–H and O–H groups in total. The van der Waals surface area contributed by atoms with E-state index in [2.05, 4.69) is 46.3 Å². The van der Waals surface area contributed by atoms with Gasteiger partial charge in [0.15, 0.2) is 0 Å². The molecule has 3 aromatic rings. The van der Waals surface area contributed by atoms with Crippen LogP contribution in [0.1, 0.15) is 32.2 Å². The third kappa shape index (κ3) is 4.11. The van der Waals surface area contributed by atoms with Gasteiger partial charge in [0.2, 0.25) is 0 Å². The molecule has 0 fully saturated rings. The highest BCUT2D eigenvalue weighted by atomic mass is 16.2. The Balaban J connectivity index is 1.64. The second kappa shape index (κ2) is 7.03. The number of rotatable bonds is 4. The van der Waals surface area contributed by atoms with Gasteiger partial charge in [-0.25, -0.2) is 9.78 Å². The Morgan fingerprint density at radius 2 is 2.08 bits per heavy atom. The average molecular weight is 352 g/mol. The highest BCUT2D eigenvalue weighted by molar-refractivity contribution is 5.89. The van der Waals surface area contributed by atoms with Crippen LogP contribution in [0.3, 0.4) is 0 Å². The zero-order valence-electron chi connectivity index (χ0n) is 15.5. The van der Waals surface area contributed by atoms with E-state index in [-0.39, 0.29) is 11.4 Å². The number of anilines is 1. The Morgan fingerprint density at radius 3 is 2.73 bits per heavy atom. The van der Waals surface area contributed by atoms with Crippen LogP contribution in [0.5, 0.6) is 0 Å². The molecular weight excluding hydrogens is 328 g/mol. The lowest BCUT2D eigenvalue weighted by molar-refractivity contribution is 0.220. The van der Waals surface area contributed by atoms with Crippen molar-refractivity contribution in [2.45, 2.75) is 32.7 Å². The Morgan fingerprint density at radius 1 is 1.27 bits per heavy atom. The van der Waals surface area contributed by atoms with Crippen molar-refractivity contribution < 1.29 is 4.79 Å². The number of hydrogen-bond acceptors (Lipinski definition) is 3. The van der Waals surface area contributed by atoms with Gasteiger partial charge in [0.1, 0.15) is 0 Å². The molecule has 0 atom stereocenters. The van der Waals surface area contributed by atoms with Crippen molar-refractivity contribution in [2.24, 2.45) is 0 Å². The fourth-order valence-electron chi connectivity index (χ4n) is 2.55. The predicted molar refractivity (Wildman–Crippen MR) is 102 cm³/mol. The molecule has 0 bridgehead atoms. The number of aromatic amines is 2. The molecule has 0 unspecified atom stereocenters. The quantitative estimate of drug-likeness (QED) is 0.668. The van der Waals surface area contributed by atoms with Gasteiger partial charge in [-0.15, -0.1) is 0 Å². The topological polar surface area (TPSA) is 89.7 Å². The zero-order valence-corrected chi connectivity index (χ0v) is 15.5. The van der Waals surface area contributed by atoms with Crippen molar-refractivity contribution in [1.29, 1.82) is 0 Å². The first-order valence-electron chi connectivity index (χ1n) is 8.48. The molecule has 0 saturated heterocycles. The summed E-state index contributed by atoms with van der Waals surface area (Å²) in [5.74, 6) is 0. The summed E-state index contributed by atoms with van der Waals surface area (Å²) in [7, 11) is 1.76. The van der Waals surface area contributed by atoms with Crippen molar-refractivity contribution in [1.82, 2.24) is 25.1 Å². The van der Waals surface area contributed by atoms with E-state index in [9.17, 15) is 4.79 Å². The maximum Gasteiger partial charge on any atom is 0.321 e. The van der Waals surface area contributed by atoms with Crippen LogP contribution in [0, 0.1) is 0 Å². The Kier molecular flexibility index (Phi) is 4.79. The first-order chi connectivity index (χ1) is 12.3. The van der Waals surface area contributed by atoms with E-state index in [0.717, 1.165) is 28.3 Å². The predicted octanol–water partition coefficient (Wildman–Crippen LogP) is 3.76. The van der Waals surface area contributed by atoms with Crippen LogP contribution in [0.25, 0.3) is 11.3 Å². The van der Waals surface area contributed by atoms with Crippen molar-refractivity contribution in [3.8, 4) is 11.3 Å². The minimum atomic E-state index is -0.182. The van der Waals surface area contributed by atoms with Crippen LogP contribution in [0.15, 0.2) is 42.9 Å². The Labute approximate surface area is 152 Å². The van der Waals surface area contributed by atoms with Gasteiger partial charge in [0.05, 0.1) is 36.2 Å². The molecule has 3 rings (SSSR count). The zero-order chi connectivity index (χ0) is 18.7. The van der Waals surface area contributed by atoms with Crippen LogP contribution < -0.4 is 5.32 Å². The molecular formula is C19H24N6O. The number of hydrogen-bond donors (Lipinski definition) is 3. The number of imidazole rings is 1. The number of nitrogens with one attached hydrogen (secondary N) is 3. The molecule has 1 aromatic carbocycles. The normalized spacial score (nSPS) is 11.4. The molecule has 2 heterocycles. The average Bonchev–Trinajstić information content (AvgIpc) is 3.26. The van der Waals surface area contributed by atoms with Gasteiger partial charge < -0.3 is 15.2 Å². The largest absolute Gasteiger partial charge is 0.345 e. The van der Waals surface area contributed by atoms with Gasteiger partial charge in [0, 0.05) is 23.7 Å². The first-order valence-corrected chi connectivity index (χ1v) is 8.48. The van der Waals surface area contributed by atoms with E-state index in [4.69, 9.17) is 0 Å². The van der Waals surface area contributed by atoms with E-state index in [1.54, 1.807) is 24.5 Å². The van der Waals surface area contributed by atoms with Crippen LogP contribution in [-0.2, 0) is 12.0 Å². The fraction of sp³-hybridized carbons (Fsp3) is 0.316. The molecule has 0 aliphatic rings. The smallest absolute Gasteiger partial charge is 0.321 e. The fourth-order valence-corrected chi connectivity index (χ4v) is 2.55. The molecule has 2 aromatic heterocycles. The number of carbonyl (C=O) groups is 1. The van der Waals surface area contributed by atoms with E-state index >= 15 is 0 Å². The summed E-state index contributed by atoms with van der Waals surface area (Å²) < 4.78 is 0. The maximum atomic E-state index is 12.5. The van der Waals surface area contributed by atoms with Gasteiger partial charge in [-0.1, -0.05) is 32.9 Å². The summed E-state index contributed by atoms with van der Waals surface area (Å²) in [5, 5.41) is 10.3. The summed E-state index contributed by atoms with van der Waals surface area (Å²) in [6.45, 7) is 6.78. The molecule has 0 aliphatic carbocycles. The molecule has 0 aliphatic heterocycles. The molecule has 136 valence electrons. The highest BCUT2D eigenvalue weighted by Gasteiger charge is 2.18. The van der Waals surface area contributed by atoms with Crippen LogP contribution in [0.2, 0.25) is 0 Å². The van der Waals surface area contributed by atoms with Gasteiger partial charge in [-0.05, 0) is 18.2 Å². The van der Waals surface area contributed by atoms with Crippen LogP contribution >= 0.6 is 0 Å². The van der Waals surface area contributed by atoms with Gasteiger partial charge in [-0.2, -0.15) is 5.10 Å². The van der Waals surface area contributed by atoms with Crippen LogP contribution in [-0.4, -0.2) is 38.1 Å². The second-order valence-electron chi connectivity index (χ2n) is 7.36. The van der Waals surface area contributed by atoms with Gasteiger partial charge >= 0.3 is 6.03 Å². The third-order valence-corrected chi connectivity index (χ3v) is 4.08. The third-order valence-electron chi connectivity index (χ3n) is 4.08. The maximum absolute atomic E-state index is 12.5. The molecule has 2 amide bonds. The molecule has 7 nitrogen and oxygen atoms in total. The Bertz CT molecular complexity index is 876. The number of amides is 2. The lowest BCUT2D eigenvalue weighted by Gasteiger charge is -2.17.